The molecular formula is C13H22O5. The predicted molar refractivity (Wildman–Crippen MR) is 64.6 cm³/mol. The molecule has 5 atom stereocenters. The van der Waals surface area contributed by atoms with E-state index in [1.165, 1.54) is 13.8 Å². The lowest BCUT2D eigenvalue weighted by Crippen LogP contribution is -2.52. The van der Waals surface area contributed by atoms with Gasteiger partial charge in [-0.1, -0.05) is 20.8 Å². The van der Waals surface area contributed by atoms with Gasteiger partial charge >= 0.3 is 11.9 Å². The SMILES string of the molecule is CC[C@H]1O[C@H](OC(C)=O)[C@@H](OC(C)=O)[C@@H](C)[C@@H]1C. The molecule has 0 saturated carbocycles. The average molecular weight is 258 g/mol. The van der Waals surface area contributed by atoms with Gasteiger partial charge in [0, 0.05) is 19.8 Å². The summed E-state index contributed by atoms with van der Waals surface area (Å²) in [7, 11) is 0. The van der Waals surface area contributed by atoms with Crippen LogP contribution in [0.5, 0.6) is 0 Å². The topological polar surface area (TPSA) is 61.8 Å². The molecule has 1 rings (SSSR count). The molecule has 104 valence electrons. The first kappa shape index (κ1) is 15.0. The summed E-state index contributed by atoms with van der Waals surface area (Å²) in [6, 6.07) is 0. The van der Waals surface area contributed by atoms with Crippen molar-refractivity contribution in [2.24, 2.45) is 11.8 Å². The zero-order valence-corrected chi connectivity index (χ0v) is 11.6. The van der Waals surface area contributed by atoms with Crippen LogP contribution >= 0.6 is 0 Å². The maximum atomic E-state index is 11.1. The van der Waals surface area contributed by atoms with Crippen LogP contribution in [-0.4, -0.2) is 30.4 Å². The third-order valence-corrected chi connectivity index (χ3v) is 3.50. The maximum absolute atomic E-state index is 11.1. The highest BCUT2D eigenvalue weighted by atomic mass is 16.7. The fraction of sp³-hybridized carbons (Fsp3) is 0.846. The lowest BCUT2D eigenvalue weighted by molar-refractivity contribution is -0.266. The molecule has 0 bridgehead atoms. The standard InChI is InChI=1S/C13H22O5/c1-6-11-7(2)8(3)12(16-9(4)14)13(18-11)17-10(5)15/h7-8,11-13H,6H2,1-5H3/t7-,8-,11+,12-,13-/m0/s1. The van der Waals surface area contributed by atoms with Crippen molar-refractivity contribution in [3.8, 4) is 0 Å². The van der Waals surface area contributed by atoms with Crippen molar-refractivity contribution < 1.29 is 23.8 Å². The number of ether oxygens (including phenoxy) is 3. The zero-order valence-electron chi connectivity index (χ0n) is 11.6. The molecule has 0 amide bonds. The van der Waals surface area contributed by atoms with Gasteiger partial charge in [0.05, 0.1) is 6.10 Å². The second-order valence-corrected chi connectivity index (χ2v) is 4.85. The van der Waals surface area contributed by atoms with Gasteiger partial charge in [0.25, 0.3) is 0 Å². The summed E-state index contributed by atoms with van der Waals surface area (Å²) in [6.07, 6.45) is -0.501. The van der Waals surface area contributed by atoms with Crippen LogP contribution in [-0.2, 0) is 23.8 Å². The fourth-order valence-corrected chi connectivity index (χ4v) is 2.34. The second kappa shape index (κ2) is 6.18. The number of hydrogen-bond acceptors (Lipinski definition) is 5. The lowest BCUT2D eigenvalue weighted by atomic mass is 9.82. The summed E-state index contributed by atoms with van der Waals surface area (Å²) >= 11 is 0. The van der Waals surface area contributed by atoms with Crippen molar-refractivity contribution >= 4 is 11.9 Å². The molecule has 0 unspecified atom stereocenters. The second-order valence-electron chi connectivity index (χ2n) is 4.85. The van der Waals surface area contributed by atoms with E-state index in [9.17, 15) is 9.59 Å². The summed E-state index contributed by atoms with van der Waals surface area (Å²) in [6.45, 7) is 8.72. The maximum Gasteiger partial charge on any atom is 0.305 e. The van der Waals surface area contributed by atoms with Crippen molar-refractivity contribution in [1.82, 2.24) is 0 Å². The summed E-state index contributed by atoms with van der Waals surface area (Å²) in [4.78, 5) is 22.2. The molecule has 0 spiro atoms. The van der Waals surface area contributed by atoms with Crippen LogP contribution in [0.25, 0.3) is 0 Å². The minimum atomic E-state index is -0.803. The Balaban J connectivity index is 2.86. The normalized spacial score (nSPS) is 35.9. The average Bonchev–Trinajstić information content (AvgIpc) is 2.27. The van der Waals surface area contributed by atoms with Crippen LogP contribution < -0.4 is 0 Å². The van der Waals surface area contributed by atoms with E-state index < -0.39 is 24.3 Å². The summed E-state index contributed by atoms with van der Waals surface area (Å²) in [5.74, 6) is -0.508. The van der Waals surface area contributed by atoms with Crippen LogP contribution in [0.2, 0.25) is 0 Å². The lowest BCUT2D eigenvalue weighted by Gasteiger charge is -2.43. The molecule has 5 nitrogen and oxygen atoms in total. The van der Waals surface area contributed by atoms with Crippen molar-refractivity contribution in [3.63, 3.8) is 0 Å². The van der Waals surface area contributed by atoms with Crippen molar-refractivity contribution in [3.05, 3.63) is 0 Å². The summed E-state index contributed by atoms with van der Waals surface area (Å²) in [5.41, 5.74) is 0. The number of carbonyl (C=O) groups excluding carboxylic acids is 2. The first-order valence-electron chi connectivity index (χ1n) is 6.36. The Morgan fingerprint density at radius 2 is 1.61 bits per heavy atom. The molecule has 5 heteroatoms. The van der Waals surface area contributed by atoms with E-state index in [2.05, 4.69) is 6.92 Å². The smallest absolute Gasteiger partial charge is 0.305 e. The monoisotopic (exact) mass is 258 g/mol. The van der Waals surface area contributed by atoms with Crippen LogP contribution in [0.3, 0.4) is 0 Å². The quantitative estimate of drug-likeness (QED) is 0.723. The van der Waals surface area contributed by atoms with Gasteiger partial charge in [-0.2, -0.15) is 0 Å². The zero-order chi connectivity index (χ0) is 13.9. The first-order chi connectivity index (χ1) is 8.36. The minimum absolute atomic E-state index is 0.0103. The number of esters is 2. The molecule has 1 fully saturated rings. The van der Waals surface area contributed by atoms with E-state index in [-0.39, 0.29) is 17.9 Å². The Labute approximate surface area is 108 Å². The van der Waals surface area contributed by atoms with Crippen LogP contribution in [0.15, 0.2) is 0 Å². The van der Waals surface area contributed by atoms with Gasteiger partial charge in [0.15, 0.2) is 6.10 Å². The van der Waals surface area contributed by atoms with Crippen LogP contribution in [0, 0.1) is 11.8 Å². The van der Waals surface area contributed by atoms with E-state index in [4.69, 9.17) is 14.2 Å². The Morgan fingerprint density at radius 1 is 1.06 bits per heavy atom. The molecule has 1 aliphatic heterocycles. The van der Waals surface area contributed by atoms with Gasteiger partial charge in [-0.25, -0.2) is 0 Å². The van der Waals surface area contributed by atoms with Gasteiger partial charge in [-0.3, -0.25) is 9.59 Å². The van der Waals surface area contributed by atoms with E-state index >= 15 is 0 Å². The molecule has 0 radical (unpaired) electrons. The summed E-state index contributed by atoms with van der Waals surface area (Å²) < 4.78 is 16.1. The number of rotatable bonds is 3. The van der Waals surface area contributed by atoms with Crippen molar-refractivity contribution in [2.45, 2.75) is 59.5 Å². The molecule has 1 aliphatic rings. The highest BCUT2D eigenvalue weighted by molar-refractivity contribution is 5.67. The Hall–Kier alpha value is -1.10. The third-order valence-electron chi connectivity index (χ3n) is 3.50. The van der Waals surface area contributed by atoms with E-state index in [0.717, 1.165) is 6.42 Å². The Bertz CT molecular complexity index is 315. The van der Waals surface area contributed by atoms with Crippen LogP contribution in [0.4, 0.5) is 0 Å². The van der Waals surface area contributed by atoms with Gasteiger partial charge in [-0.05, 0) is 12.3 Å². The predicted octanol–water partition coefficient (Wildman–Crippen LogP) is 1.89. The molecule has 18 heavy (non-hydrogen) atoms. The molecule has 1 heterocycles. The summed E-state index contributed by atoms with van der Waals surface area (Å²) in [5, 5.41) is 0. The number of hydrogen-bond donors (Lipinski definition) is 0. The first-order valence-corrected chi connectivity index (χ1v) is 6.36. The molecule has 1 saturated heterocycles. The molecule has 0 aromatic heterocycles. The van der Waals surface area contributed by atoms with Crippen LogP contribution in [0.1, 0.15) is 41.0 Å². The van der Waals surface area contributed by atoms with Gasteiger partial charge in [0.2, 0.25) is 6.29 Å². The molecule has 0 aromatic rings. The van der Waals surface area contributed by atoms with Gasteiger partial charge in [-0.15, -0.1) is 0 Å². The third kappa shape index (κ3) is 3.45. The van der Waals surface area contributed by atoms with Gasteiger partial charge in [0.1, 0.15) is 0 Å². The molecule has 0 aliphatic carbocycles. The Morgan fingerprint density at radius 3 is 2.06 bits per heavy atom. The Kier molecular flexibility index (Phi) is 5.14. The largest absolute Gasteiger partial charge is 0.456 e. The molecule has 0 aromatic carbocycles. The van der Waals surface area contributed by atoms with Gasteiger partial charge < -0.3 is 14.2 Å². The highest BCUT2D eigenvalue weighted by Gasteiger charge is 2.44. The van der Waals surface area contributed by atoms with E-state index in [0.29, 0.717) is 0 Å². The van der Waals surface area contributed by atoms with Crippen molar-refractivity contribution in [1.29, 1.82) is 0 Å². The molecular weight excluding hydrogens is 236 g/mol. The van der Waals surface area contributed by atoms with E-state index in [1.807, 2.05) is 13.8 Å². The van der Waals surface area contributed by atoms with E-state index in [1.54, 1.807) is 0 Å². The van der Waals surface area contributed by atoms with Crippen molar-refractivity contribution in [2.75, 3.05) is 0 Å². The number of carbonyl (C=O) groups is 2. The fourth-order valence-electron chi connectivity index (χ4n) is 2.34. The minimum Gasteiger partial charge on any atom is -0.456 e. The molecule has 0 N–H and O–H groups in total. The highest BCUT2D eigenvalue weighted by Crippen LogP contribution is 2.34.